The van der Waals surface area contributed by atoms with E-state index in [1.54, 1.807) is 11.3 Å². The molecular weight excluding hydrogens is 406 g/mol. The number of benzene rings is 2. The van der Waals surface area contributed by atoms with Crippen molar-refractivity contribution in [2.45, 2.75) is 51.2 Å². The van der Waals surface area contributed by atoms with Crippen LogP contribution in [0.5, 0.6) is 0 Å². The quantitative estimate of drug-likeness (QED) is 0.461. The van der Waals surface area contributed by atoms with E-state index < -0.39 is 0 Å². The zero-order chi connectivity index (χ0) is 21.2. The fourth-order valence-corrected chi connectivity index (χ4v) is 5.54. The second-order valence-corrected chi connectivity index (χ2v) is 9.28. The molecule has 160 valence electrons. The average Bonchev–Trinajstić information content (AvgIpc) is 3.42. The minimum atomic E-state index is -0.00415. The van der Waals surface area contributed by atoms with Crippen LogP contribution in [0.2, 0.25) is 0 Å². The van der Waals surface area contributed by atoms with Crippen molar-refractivity contribution in [3.8, 4) is 0 Å². The third-order valence-electron chi connectivity index (χ3n) is 6.16. The molecule has 0 radical (unpaired) electrons. The molecule has 1 amide bonds. The van der Waals surface area contributed by atoms with Crippen molar-refractivity contribution in [1.29, 1.82) is 0 Å². The van der Waals surface area contributed by atoms with Gasteiger partial charge < -0.3 is 15.2 Å². The number of para-hydroxylation sites is 3. The number of hydrogen-bond acceptors (Lipinski definition) is 5. The number of carbonyl (C=O) groups excluding carboxylic acids is 1. The number of H-pyrrole nitrogens is 1. The SMILES string of the molecule is CCN(C(=O)c1nc2ccccc2[nH]1)C1CCCC(NCc2nc3ccccc3s2)C1. The lowest BCUT2D eigenvalue weighted by molar-refractivity contribution is 0.0617. The first-order chi connectivity index (χ1) is 15.2. The number of nitrogens with one attached hydrogen (secondary N) is 2. The molecule has 0 saturated heterocycles. The number of fused-ring (bicyclic) bond motifs is 2. The van der Waals surface area contributed by atoms with E-state index in [0.717, 1.165) is 53.8 Å². The maximum absolute atomic E-state index is 13.2. The van der Waals surface area contributed by atoms with E-state index in [1.807, 2.05) is 35.2 Å². The number of hydrogen-bond donors (Lipinski definition) is 2. The fraction of sp³-hybridized carbons (Fsp3) is 0.375. The van der Waals surface area contributed by atoms with Crippen molar-refractivity contribution in [3.05, 3.63) is 59.4 Å². The Balaban J connectivity index is 1.25. The first-order valence-corrected chi connectivity index (χ1v) is 11.9. The lowest BCUT2D eigenvalue weighted by Gasteiger charge is -2.37. The molecule has 2 unspecified atom stereocenters. The zero-order valence-corrected chi connectivity index (χ0v) is 18.5. The Bertz CT molecular complexity index is 1130. The molecule has 7 heteroatoms. The van der Waals surface area contributed by atoms with E-state index in [2.05, 4.69) is 40.4 Å². The second-order valence-electron chi connectivity index (χ2n) is 8.17. The van der Waals surface area contributed by atoms with Gasteiger partial charge in [-0.2, -0.15) is 0 Å². The van der Waals surface area contributed by atoms with Gasteiger partial charge in [-0.15, -0.1) is 11.3 Å². The number of carbonyl (C=O) groups is 1. The van der Waals surface area contributed by atoms with Gasteiger partial charge in [0.25, 0.3) is 5.91 Å². The van der Waals surface area contributed by atoms with E-state index >= 15 is 0 Å². The Kier molecular flexibility index (Phi) is 5.70. The lowest BCUT2D eigenvalue weighted by atomic mass is 9.89. The Labute approximate surface area is 185 Å². The number of aromatic nitrogens is 3. The molecule has 2 aromatic heterocycles. The van der Waals surface area contributed by atoms with E-state index in [-0.39, 0.29) is 11.9 Å². The van der Waals surface area contributed by atoms with Crippen LogP contribution >= 0.6 is 11.3 Å². The highest BCUT2D eigenvalue weighted by atomic mass is 32.1. The Morgan fingerprint density at radius 1 is 1.13 bits per heavy atom. The summed E-state index contributed by atoms with van der Waals surface area (Å²) in [5, 5.41) is 4.81. The van der Waals surface area contributed by atoms with Crippen LogP contribution < -0.4 is 5.32 Å². The van der Waals surface area contributed by atoms with Crippen LogP contribution in [0.15, 0.2) is 48.5 Å². The molecule has 4 aromatic rings. The van der Waals surface area contributed by atoms with Gasteiger partial charge in [0.1, 0.15) is 5.01 Å². The third kappa shape index (κ3) is 4.20. The van der Waals surface area contributed by atoms with Crippen LogP contribution in [-0.4, -0.2) is 44.4 Å². The molecule has 0 spiro atoms. The molecule has 1 saturated carbocycles. The summed E-state index contributed by atoms with van der Waals surface area (Å²) in [5.74, 6) is 0.433. The summed E-state index contributed by atoms with van der Waals surface area (Å²) in [6, 6.07) is 16.7. The number of thiazole rings is 1. The molecule has 31 heavy (non-hydrogen) atoms. The molecule has 2 aromatic carbocycles. The average molecular weight is 434 g/mol. The number of rotatable bonds is 6. The first-order valence-electron chi connectivity index (χ1n) is 11.0. The van der Waals surface area contributed by atoms with Crippen molar-refractivity contribution in [2.24, 2.45) is 0 Å². The Morgan fingerprint density at radius 2 is 1.94 bits per heavy atom. The van der Waals surface area contributed by atoms with Crippen molar-refractivity contribution >= 4 is 38.5 Å². The van der Waals surface area contributed by atoms with Crippen LogP contribution in [0, 0.1) is 0 Å². The van der Waals surface area contributed by atoms with Gasteiger partial charge in [-0.1, -0.05) is 24.3 Å². The van der Waals surface area contributed by atoms with Gasteiger partial charge in [0.2, 0.25) is 0 Å². The summed E-state index contributed by atoms with van der Waals surface area (Å²) >= 11 is 1.75. The molecule has 2 heterocycles. The topological polar surface area (TPSA) is 73.9 Å². The van der Waals surface area contributed by atoms with Crippen LogP contribution in [0.4, 0.5) is 0 Å². The van der Waals surface area contributed by atoms with Gasteiger partial charge >= 0.3 is 0 Å². The molecule has 0 bridgehead atoms. The van der Waals surface area contributed by atoms with Gasteiger partial charge in [-0.3, -0.25) is 4.79 Å². The summed E-state index contributed by atoms with van der Waals surface area (Å²) < 4.78 is 1.23. The summed E-state index contributed by atoms with van der Waals surface area (Å²) in [7, 11) is 0. The van der Waals surface area contributed by atoms with Crippen LogP contribution in [-0.2, 0) is 6.54 Å². The first kappa shape index (κ1) is 20.2. The van der Waals surface area contributed by atoms with Crippen LogP contribution in [0.3, 0.4) is 0 Å². The van der Waals surface area contributed by atoms with E-state index in [0.29, 0.717) is 18.4 Å². The van der Waals surface area contributed by atoms with Crippen LogP contribution in [0.25, 0.3) is 21.3 Å². The highest BCUT2D eigenvalue weighted by molar-refractivity contribution is 7.18. The largest absolute Gasteiger partial charge is 0.334 e. The summed E-state index contributed by atoms with van der Waals surface area (Å²) in [6.45, 7) is 3.52. The summed E-state index contributed by atoms with van der Waals surface area (Å²) in [6.07, 6.45) is 4.26. The van der Waals surface area contributed by atoms with Gasteiger partial charge in [0.05, 0.1) is 21.3 Å². The molecule has 1 aliphatic rings. The highest BCUT2D eigenvalue weighted by Gasteiger charge is 2.30. The van der Waals surface area contributed by atoms with E-state index in [4.69, 9.17) is 4.98 Å². The Hall–Kier alpha value is -2.77. The van der Waals surface area contributed by atoms with Crippen molar-refractivity contribution in [2.75, 3.05) is 6.54 Å². The molecule has 0 aliphatic heterocycles. The number of amides is 1. The van der Waals surface area contributed by atoms with Gasteiger partial charge in [-0.25, -0.2) is 9.97 Å². The molecule has 1 fully saturated rings. The van der Waals surface area contributed by atoms with E-state index in [1.165, 1.54) is 4.70 Å². The molecule has 2 atom stereocenters. The van der Waals surface area contributed by atoms with Crippen molar-refractivity contribution in [3.63, 3.8) is 0 Å². The summed E-state index contributed by atoms with van der Waals surface area (Å²) in [4.78, 5) is 27.7. The zero-order valence-electron chi connectivity index (χ0n) is 17.7. The molecule has 6 nitrogen and oxygen atoms in total. The summed E-state index contributed by atoms with van der Waals surface area (Å²) in [5.41, 5.74) is 2.81. The maximum atomic E-state index is 13.2. The standard InChI is InChI=1S/C24H27N5OS/c1-2-29(24(30)23-27-18-10-3-4-11-19(18)28-23)17-9-7-8-16(14-17)25-15-22-26-20-12-5-6-13-21(20)31-22/h3-6,10-13,16-17,25H,2,7-9,14-15H2,1H3,(H,27,28). The second kappa shape index (κ2) is 8.77. The minimum absolute atomic E-state index is 0.00415. The normalized spacial score (nSPS) is 19.1. The number of imidazole rings is 1. The number of nitrogens with zero attached hydrogens (tertiary/aromatic N) is 3. The third-order valence-corrected chi connectivity index (χ3v) is 7.20. The predicted octanol–water partition coefficient (Wildman–Crippen LogP) is 4.74. The van der Waals surface area contributed by atoms with Gasteiger partial charge in [-0.05, 0) is 56.9 Å². The van der Waals surface area contributed by atoms with Gasteiger partial charge in [0, 0.05) is 25.2 Å². The fourth-order valence-electron chi connectivity index (χ4n) is 4.62. The van der Waals surface area contributed by atoms with Crippen LogP contribution in [0.1, 0.15) is 48.2 Å². The molecule has 2 N–H and O–H groups in total. The maximum Gasteiger partial charge on any atom is 0.289 e. The molecule has 1 aliphatic carbocycles. The smallest absolute Gasteiger partial charge is 0.289 e. The number of aromatic amines is 1. The molecular formula is C24H27N5OS. The molecule has 5 rings (SSSR count). The van der Waals surface area contributed by atoms with Crippen molar-refractivity contribution < 1.29 is 4.79 Å². The van der Waals surface area contributed by atoms with E-state index in [9.17, 15) is 4.79 Å². The van der Waals surface area contributed by atoms with Crippen molar-refractivity contribution in [1.82, 2.24) is 25.2 Å². The highest BCUT2D eigenvalue weighted by Crippen LogP contribution is 2.26. The Morgan fingerprint density at radius 3 is 2.74 bits per heavy atom. The minimum Gasteiger partial charge on any atom is -0.334 e. The van der Waals surface area contributed by atoms with Gasteiger partial charge in [0.15, 0.2) is 5.82 Å². The lowest BCUT2D eigenvalue weighted by Crippen LogP contribution is -2.47. The monoisotopic (exact) mass is 433 g/mol. The predicted molar refractivity (Wildman–Crippen MR) is 125 cm³/mol.